The van der Waals surface area contributed by atoms with Gasteiger partial charge in [0.1, 0.15) is 5.65 Å². The number of nitrogens with zero attached hydrogens (tertiary/aromatic N) is 3. The Labute approximate surface area is 187 Å². The van der Waals surface area contributed by atoms with Crippen LogP contribution in [0.25, 0.3) is 16.7 Å². The molecular weight excluding hydrogens is 404 g/mol. The van der Waals surface area contributed by atoms with E-state index in [4.69, 9.17) is 5.73 Å². The Bertz CT molecular complexity index is 1130. The number of aliphatic imine (C=N–C) groups is 1. The third-order valence-electron chi connectivity index (χ3n) is 5.81. The highest BCUT2D eigenvalue weighted by Crippen LogP contribution is 2.17. The molecule has 9 heteroatoms. The zero-order chi connectivity index (χ0) is 22.5. The second-order valence-corrected chi connectivity index (χ2v) is 8.22. The van der Waals surface area contributed by atoms with Crippen LogP contribution in [0.3, 0.4) is 0 Å². The van der Waals surface area contributed by atoms with E-state index < -0.39 is 0 Å². The molecule has 0 unspecified atom stereocenters. The van der Waals surface area contributed by atoms with Gasteiger partial charge < -0.3 is 26.7 Å². The Morgan fingerprint density at radius 2 is 2.09 bits per heavy atom. The van der Waals surface area contributed by atoms with Crippen molar-refractivity contribution >= 4 is 17.0 Å². The van der Waals surface area contributed by atoms with Crippen LogP contribution in [0.4, 0.5) is 0 Å². The summed E-state index contributed by atoms with van der Waals surface area (Å²) < 4.78 is 1.59. The molecular formula is C23H32N8O. The lowest BCUT2D eigenvalue weighted by Crippen LogP contribution is -2.48. The Hall–Kier alpha value is -3.17. The second-order valence-electron chi connectivity index (χ2n) is 8.22. The van der Waals surface area contributed by atoms with Crippen molar-refractivity contribution in [1.29, 1.82) is 0 Å². The zero-order valence-electron chi connectivity index (χ0n) is 18.7. The molecule has 32 heavy (non-hydrogen) atoms. The SMILES string of the molecule is CCc1cc2cn(-c3ccc([C@H](C)NCCCN/C(N)=N\C4CNC4)cc3)c(=O)nc2[nH]1. The summed E-state index contributed by atoms with van der Waals surface area (Å²) >= 11 is 0. The number of rotatable bonds is 9. The number of H-pyrrole nitrogens is 1. The molecule has 1 aliphatic rings. The van der Waals surface area contributed by atoms with Crippen molar-refractivity contribution in [2.45, 2.75) is 38.8 Å². The van der Waals surface area contributed by atoms with Gasteiger partial charge in [0.2, 0.25) is 0 Å². The van der Waals surface area contributed by atoms with Gasteiger partial charge in [-0.25, -0.2) is 9.79 Å². The summed E-state index contributed by atoms with van der Waals surface area (Å²) in [5.74, 6) is 0.522. The maximum Gasteiger partial charge on any atom is 0.354 e. The van der Waals surface area contributed by atoms with E-state index in [1.807, 2.05) is 36.5 Å². The van der Waals surface area contributed by atoms with Crippen LogP contribution < -0.4 is 27.4 Å². The molecule has 170 valence electrons. The number of guanidine groups is 1. The predicted molar refractivity (Wildman–Crippen MR) is 128 cm³/mol. The quantitative estimate of drug-likeness (QED) is 0.195. The number of nitrogens with one attached hydrogen (secondary N) is 4. The first kappa shape index (κ1) is 22.0. The van der Waals surface area contributed by atoms with Gasteiger partial charge in [-0.05, 0) is 50.1 Å². The van der Waals surface area contributed by atoms with Crippen LogP contribution in [-0.4, -0.2) is 52.7 Å². The summed E-state index contributed by atoms with van der Waals surface area (Å²) in [6.45, 7) is 7.66. The van der Waals surface area contributed by atoms with Gasteiger partial charge in [-0.3, -0.25) is 4.57 Å². The molecule has 1 saturated heterocycles. The molecule has 0 amide bonds. The number of fused-ring (bicyclic) bond motifs is 1. The predicted octanol–water partition coefficient (Wildman–Crippen LogP) is 1.19. The van der Waals surface area contributed by atoms with E-state index in [9.17, 15) is 4.79 Å². The van der Waals surface area contributed by atoms with Crippen LogP contribution in [0, 0.1) is 0 Å². The maximum absolute atomic E-state index is 12.5. The van der Waals surface area contributed by atoms with E-state index in [0.717, 1.165) is 61.4 Å². The van der Waals surface area contributed by atoms with E-state index in [0.29, 0.717) is 17.6 Å². The van der Waals surface area contributed by atoms with E-state index in [1.54, 1.807) is 4.57 Å². The molecule has 0 aliphatic carbocycles. The molecule has 2 aromatic heterocycles. The Balaban J connectivity index is 1.30. The topological polar surface area (TPSA) is 125 Å². The number of hydrogen-bond acceptors (Lipinski definition) is 5. The molecule has 9 nitrogen and oxygen atoms in total. The van der Waals surface area contributed by atoms with E-state index in [1.165, 1.54) is 0 Å². The molecule has 1 fully saturated rings. The van der Waals surface area contributed by atoms with Crippen molar-refractivity contribution in [1.82, 2.24) is 30.5 Å². The highest BCUT2D eigenvalue weighted by atomic mass is 16.1. The minimum Gasteiger partial charge on any atom is -0.370 e. The summed E-state index contributed by atoms with van der Waals surface area (Å²) in [6, 6.07) is 10.6. The van der Waals surface area contributed by atoms with Crippen LogP contribution in [0.15, 0.2) is 46.3 Å². The number of nitrogens with two attached hydrogens (primary N) is 1. The number of benzene rings is 1. The van der Waals surface area contributed by atoms with Crippen molar-refractivity contribution < 1.29 is 0 Å². The maximum atomic E-state index is 12.5. The van der Waals surface area contributed by atoms with E-state index >= 15 is 0 Å². The summed E-state index contributed by atoms with van der Waals surface area (Å²) in [5, 5.41) is 10.8. The molecule has 0 saturated carbocycles. The Morgan fingerprint density at radius 1 is 1.31 bits per heavy atom. The number of aromatic nitrogens is 3. The lowest BCUT2D eigenvalue weighted by atomic mass is 10.1. The van der Waals surface area contributed by atoms with E-state index in [2.05, 4.69) is 44.8 Å². The first-order valence-electron chi connectivity index (χ1n) is 11.3. The summed E-state index contributed by atoms with van der Waals surface area (Å²) in [7, 11) is 0. The normalized spacial score (nSPS) is 15.6. The smallest absolute Gasteiger partial charge is 0.354 e. The van der Waals surface area contributed by atoms with Gasteiger partial charge in [0.15, 0.2) is 5.96 Å². The van der Waals surface area contributed by atoms with Gasteiger partial charge in [0, 0.05) is 43.0 Å². The third kappa shape index (κ3) is 5.17. The van der Waals surface area contributed by atoms with Crippen LogP contribution in [0.1, 0.15) is 37.6 Å². The average molecular weight is 437 g/mol. The summed E-state index contributed by atoms with van der Waals surface area (Å²) in [6.07, 6.45) is 3.67. The first-order valence-corrected chi connectivity index (χ1v) is 11.3. The number of hydrogen-bond donors (Lipinski definition) is 5. The minimum absolute atomic E-state index is 0.199. The highest BCUT2D eigenvalue weighted by Gasteiger charge is 2.15. The van der Waals surface area contributed by atoms with Crippen molar-refractivity contribution in [3.63, 3.8) is 0 Å². The minimum atomic E-state index is -0.287. The average Bonchev–Trinajstić information content (AvgIpc) is 3.17. The van der Waals surface area contributed by atoms with Gasteiger partial charge in [-0.1, -0.05) is 19.1 Å². The van der Waals surface area contributed by atoms with Gasteiger partial charge in [0.05, 0.1) is 11.7 Å². The lowest BCUT2D eigenvalue weighted by Gasteiger charge is -2.23. The first-order chi connectivity index (χ1) is 15.5. The molecule has 1 atom stereocenters. The summed E-state index contributed by atoms with van der Waals surface area (Å²) in [4.78, 5) is 24.2. The Kier molecular flexibility index (Phi) is 6.87. The molecule has 6 N–H and O–H groups in total. The Morgan fingerprint density at radius 3 is 2.78 bits per heavy atom. The van der Waals surface area contributed by atoms with Crippen LogP contribution in [-0.2, 0) is 6.42 Å². The standard InChI is InChI=1S/C23H32N8O/c1-3-18-11-17-14-31(23(32)30-21(17)28-18)20-7-5-16(6-8-20)15(2)26-9-4-10-27-22(24)29-19-12-25-13-19/h5-8,11,14-15,19,25-26H,3-4,9-10,12-13H2,1-2H3,(H3,24,27,29)(H,28,30,32)/t15-/m0/s1. The third-order valence-corrected chi connectivity index (χ3v) is 5.81. The molecule has 3 aromatic rings. The van der Waals surface area contributed by atoms with Crippen molar-refractivity contribution in [2.24, 2.45) is 10.7 Å². The molecule has 4 rings (SSSR count). The number of aromatic amines is 1. The van der Waals surface area contributed by atoms with Crippen molar-refractivity contribution in [2.75, 3.05) is 26.2 Å². The second kappa shape index (κ2) is 9.97. The number of aryl methyl sites for hydroxylation is 1. The zero-order valence-corrected chi connectivity index (χ0v) is 18.7. The molecule has 0 radical (unpaired) electrons. The highest BCUT2D eigenvalue weighted by molar-refractivity contribution is 5.78. The fourth-order valence-electron chi connectivity index (χ4n) is 3.70. The van der Waals surface area contributed by atoms with Gasteiger partial charge >= 0.3 is 5.69 Å². The van der Waals surface area contributed by atoms with Crippen LogP contribution in [0.5, 0.6) is 0 Å². The largest absolute Gasteiger partial charge is 0.370 e. The van der Waals surface area contributed by atoms with Gasteiger partial charge in [-0.2, -0.15) is 4.98 Å². The molecule has 0 bridgehead atoms. The fraction of sp³-hybridized carbons (Fsp3) is 0.435. The van der Waals surface area contributed by atoms with Gasteiger partial charge in [0.25, 0.3) is 0 Å². The van der Waals surface area contributed by atoms with E-state index in [-0.39, 0.29) is 11.7 Å². The summed E-state index contributed by atoms with van der Waals surface area (Å²) in [5.41, 5.74) is 9.28. The molecule has 1 aromatic carbocycles. The van der Waals surface area contributed by atoms with Crippen molar-refractivity contribution in [3.05, 3.63) is 58.3 Å². The lowest BCUT2D eigenvalue weighted by molar-refractivity contribution is 0.446. The molecule has 1 aliphatic heterocycles. The fourth-order valence-corrected chi connectivity index (χ4v) is 3.70. The molecule has 0 spiro atoms. The molecule has 3 heterocycles. The van der Waals surface area contributed by atoms with Crippen molar-refractivity contribution in [3.8, 4) is 5.69 Å². The van der Waals surface area contributed by atoms with Crippen LogP contribution in [0.2, 0.25) is 0 Å². The van der Waals surface area contributed by atoms with Gasteiger partial charge in [-0.15, -0.1) is 0 Å². The monoisotopic (exact) mass is 436 g/mol. The van der Waals surface area contributed by atoms with Crippen LogP contribution >= 0.6 is 0 Å².